The largest absolute Gasteiger partial charge is 0.489 e. The average molecular weight is 492 g/mol. The molecule has 0 saturated heterocycles. The van der Waals surface area contributed by atoms with Crippen molar-refractivity contribution in [3.05, 3.63) is 80.4 Å². The van der Waals surface area contributed by atoms with Gasteiger partial charge < -0.3 is 19.0 Å². The highest BCUT2D eigenvalue weighted by Gasteiger charge is 2.26. The molecule has 10 nitrogen and oxygen atoms in total. The van der Waals surface area contributed by atoms with E-state index in [-0.39, 0.29) is 29.3 Å². The van der Waals surface area contributed by atoms with Gasteiger partial charge in [-0.05, 0) is 56.0 Å². The molecule has 1 aliphatic carbocycles. The minimum atomic E-state index is -0.619. The maximum Gasteiger partial charge on any atom is 0.360 e. The maximum atomic E-state index is 12.3. The zero-order valence-corrected chi connectivity index (χ0v) is 20.4. The molecule has 186 valence electrons. The van der Waals surface area contributed by atoms with Gasteiger partial charge in [-0.2, -0.15) is 5.26 Å². The fraction of sp³-hybridized carbons (Fsp3) is 0.269. The highest BCUT2D eigenvalue weighted by atomic mass is 16.6. The zero-order valence-electron chi connectivity index (χ0n) is 20.4. The highest BCUT2D eigenvalue weighted by molar-refractivity contribution is 6.43. The molecule has 2 aromatic carbocycles. The maximum absolute atomic E-state index is 12.3. The summed E-state index contributed by atoms with van der Waals surface area (Å²) >= 11 is 0. The average Bonchev–Trinajstić information content (AvgIpc) is 2.87. The molecule has 0 aromatic heterocycles. The summed E-state index contributed by atoms with van der Waals surface area (Å²) in [6.45, 7) is 4.23. The van der Waals surface area contributed by atoms with Crippen LogP contribution in [0.5, 0.6) is 17.2 Å². The number of oxime groups is 1. The molecule has 0 saturated carbocycles. The molecule has 10 heteroatoms. The summed E-state index contributed by atoms with van der Waals surface area (Å²) in [5.41, 5.74) is 3.61. The van der Waals surface area contributed by atoms with Gasteiger partial charge in [-0.3, -0.25) is 10.1 Å². The van der Waals surface area contributed by atoms with E-state index in [1.165, 1.54) is 38.0 Å². The van der Waals surface area contributed by atoms with E-state index in [4.69, 9.17) is 19.0 Å². The van der Waals surface area contributed by atoms with E-state index in [1.54, 1.807) is 30.3 Å². The molecule has 0 spiro atoms. The Hall–Kier alpha value is -4.65. The Morgan fingerprint density at radius 1 is 1.08 bits per heavy atom. The molecule has 0 fully saturated rings. The number of nitrogens with zero attached hydrogens (tertiary/aromatic N) is 3. The number of hydrogen-bond donors (Lipinski definition) is 0. The molecule has 1 aliphatic rings. The molecular weight excluding hydrogens is 466 g/mol. The number of benzene rings is 2. The topological polar surface area (TPSA) is 133 Å². The molecule has 0 radical (unpaired) electrons. The third kappa shape index (κ3) is 6.07. The lowest BCUT2D eigenvalue weighted by Crippen LogP contribution is -2.24. The first-order valence-electron chi connectivity index (χ1n) is 10.9. The fourth-order valence-electron chi connectivity index (χ4n) is 3.67. The molecular formula is C26H25N3O7. The van der Waals surface area contributed by atoms with Crippen LogP contribution in [0.15, 0.2) is 69.9 Å². The van der Waals surface area contributed by atoms with E-state index in [1.807, 2.05) is 13.8 Å². The van der Waals surface area contributed by atoms with Crippen molar-refractivity contribution in [2.45, 2.75) is 26.7 Å². The van der Waals surface area contributed by atoms with E-state index in [0.29, 0.717) is 29.9 Å². The van der Waals surface area contributed by atoms with Crippen molar-refractivity contribution in [1.82, 2.24) is 0 Å². The van der Waals surface area contributed by atoms with Crippen LogP contribution < -0.4 is 9.47 Å². The van der Waals surface area contributed by atoms with Crippen LogP contribution in [0.4, 0.5) is 5.69 Å². The first kappa shape index (κ1) is 26.0. The Labute approximate surface area is 208 Å². The van der Waals surface area contributed by atoms with Crippen molar-refractivity contribution >= 4 is 17.4 Å². The Kier molecular flexibility index (Phi) is 8.41. The first-order chi connectivity index (χ1) is 17.3. The lowest BCUT2D eigenvalue weighted by molar-refractivity contribution is -0.385. The molecule has 0 amide bonds. The van der Waals surface area contributed by atoms with Crippen molar-refractivity contribution in [2.24, 2.45) is 5.16 Å². The first-order valence-corrected chi connectivity index (χ1v) is 10.9. The quantitative estimate of drug-likeness (QED) is 0.153. The second-order valence-electron chi connectivity index (χ2n) is 8.02. The molecule has 0 aliphatic heterocycles. The van der Waals surface area contributed by atoms with Crippen molar-refractivity contribution in [2.75, 3.05) is 20.8 Å². The predicted octanol–water partition coefficient (Wildman–Crippen LogP) is 5.24. The van der Waals surface area contributed by atoms with E-state index in [0.717, 1.165) is 11.1 Å². The van der Waals surface area contributed by atoms with Gasteiger partial charge in [-0.1, -0.05) is 22.4 Å². The number of hydrogen-bond acceptors (Lipinski definition) is 9. The standard InChI is InChI=1S/C26H25N3O7/c1-16-10-19(23(11-17(16)2)25(28-34-4)26(30)33-3)15-35-20-6-5-7-21(13-20)36-22-8-9-24(29(31)32)18(12-22)14-27/h5-9,12-13H,10-11,15H2,1-4H3. The summed E-state index contributed by atoms with van der Waals surface area (Å²) in [6, 6.07) is 12.6. The third-order valence-electron chi connectivity index (χ3n) is 5.66. The van der Waals surface area contributed by atoms with Crippen molar-refractivity contribution in [1.29, 1.82) is 5.26 Å². The van der Waals surface area contributed by atoms with Crippen LogP contribution in [0.25, 0.3) is 0 Å². The SMILES string of the molecule is CON=C(C(=O)OC)C1=C(COc2cccc(Oc3ccc([N+](=O)[O-])c(C#N)c3)c2)CC(C)=C(C)C1. The van der Waals surface area contributed by atoms with Crippen LogP contribution in [0.1, 0.15) is 32.3 Å². The predicted molar refractivity (Wildman–Crippen MR) is 131 cm³/mol. The Morgan fingerprint density at radius 3 is 2.44 bits per heavy atom. The molecule has 0 atom stereocenters. The Morgan fingerprint density at radius 2 is 1.78 bits per heavy atom. The number of nitro benzene ring substituents is 1. The summed E-state index contributed by atoms with van der Waals surface area (Å²) < 4.78 is 16.7. The molecule has 0 bridgehead atoms. The molecule has 3 rings (SSSR count). The number of esters is 1. The molecule has 36 heavy (non-hydrogen) atoms. The number of nitro groups is 1. The fourth-order valence-corrected chi connectivity index (χ4v) is 3.67. The third-order valence-corrected chi connectivity index (χ3v) is 5.66. The van der Waals surface area contributed by atoms with Gasteiger partial charge in [0.1, 0.15) is 42.6 Å². The monoisotopic (exact) mass is 491 g/mol. The lowest BCUT2D eigenvalue weighted by Gasteiger charge is -2.23. The molecule has 2 aromatic rings. The normalized spacial score (nSPS) is 13.7. The van der Waals surface area contributed by atoms with E-state index >= 15 is 0 Å². The van der Waals surface area contributed by atoms with Crippen LogP contribution in [0, 0.1) is 21.4 Å². The van der Waals surface area contributed by atoms with E-state index in [9.17, 15) is 20.2 Å². The van der Waals surface area contributed by atoms with Gasteiger partial charge in [-0.15, -0.1) is 0 Å². The Bertz CT molecular complexity index is 1320. The molecule has 0 heterocycles. The number of ether oxygens (including phenoxy) is 3. The van der Waals surface area contributed by atoms with Gasteiger partial charge in [0.2, 0.25) is 0 Å². The van der Waals surface area contributed by atoms with Gasteiger partial charge in [0, 0.05) is 18.2 Å². The van der Waals surface area contributed by atoms with Gasteiger partial charge >= 0.3 is 5.97 Å². The van der Waals surface area contributed by atoms with Crippen LogP contribution in [-0.4, -0.2) is 37.4 Å². The van der Waals surface area contributed by atoms with Crippen molar-refractivity contribution in [3.63, 3.8) is 0 Å². The number of rotatable bonds is 9. The van der Waals surface area contributed by atoms with Gasteiger partial charge in [0.15, 0.2) is 5.71 Å². The second-order valence-corrected chi connectivity index (χ2v) is 8.02. The summed E-state index contributed by atoms with van der Waals surface area (Å²) in [6.07, 6.45) is 1.13. The minimum absolute atomic E-state index is 0.0977. The van der Waals surface area contributed by atoms with Crippen LogP contribution in [-0.2, 0) is 14.4 Å². The summed E-state index contributed by atoms with van der Waals surface area (Å²) in [7, 11) is 2.66. The van der Waals surface area contributed by atoms with Crippen LogP contribution in [0.3, 0.4) is 0 Å². The smallest absolute Gasteiger partial charge is 0.360 e. The summed E-state index contributed by atoms with van der Waals surface area (Å²) in [5.74, 6) is 0.619. The van der Waals surface area contributed by atoms with Gasteiger partial charge in [-0.25, -0.2) is 4.79 Å². The van der Waals surface area contributed by atoms with Gasteiger partial charge in [0.25, 0.3) is 5.69 Å². The number of carbonyl (C=O) groups excluding carboxylic acids is 1. The van der Waals surface area contributed by atoms with Gasteiger partial charge in [0.05, 0.1) is 12.0 Å². The number of carbonyl (C=O) groups is 1. The molecule has 0 unspecified atom stereocenters. The summed E-state index contributed by atoms with van der Waals surface area (Å²) in [4.78, 5) is 27.6. The minimum Gasteiger partial charge on any atom is -0.489 e. The van der Waals surface area contributed by atoms with Crippen LogP contribution >= 0.6 is 0 Å². The van der Waals surface area contributed by atoms with E-state index < -0.39 is 10.9 Å². The molecule has 0 N–H and O–H groups in total. The van der Waals surface area contributed by atoms with Crippen LogP contribution in [0.2, 0.25) is 0 Å². The number of methoxy groups -OCH3 is 1. The summed E-state index contributed by atoms with van der Waals surface area (Å²) in [5, 5.41) is 24.1. The number of nitriles is 1. The number of allylic oxidation sites excluding steroid dienone is 2. The lowest BCUT2D eigenvalue weighted by atomic mass is 9.85. The Balaban J connectivity index is 1.82. The van der Waals surface area contributed by atoms with E-state index in [2.05, 4.69) is 5.16 Å². The van der Waals surface area contributed by atoms with Crippen molar-refractivity contribution in [3.8, 4) is 23.3 Å². The van der Waals surface area contributed by atoms with Crippen molar-refractivity contribution < 1.29 is 28.8 Å². The zero-order chi connectivity index (χ0) is 26.2. The second kappa shape index (κ2) is 11.7. The highest BCUT2D eigenvalue weighted by Crippen LogP contribution is 2.33.